The predicted molar refractivity (Wildman–Crippen MR) is 38.8 cm³/mol. The van der Waals surface area contributed by atoms with E-state index in [0.29, 0.717) is 6.54 Å². The summed E-state index contributed by atoms with van der Waals surface area (Å²) >= 11 is 0. The molecule has 0 amide bonds. The first kappa shape index (κ1) is 6.92. The highest BCUT2D eigenvalue weighted by Crippen LogP contribution is 2.00. The lowest BCUT2D eigenvalue weighted by molar-refractivity contribution is 0.306. The van der Waals surface area contributed by atoms with Crippen LogP contribution in [-0.4, -0.2) is 41.5 Å². The Labute approximate surface area is 60.0 Å². The highest BCUT2D eigenvalue weighted by Gasteiger charge is 2.05. The first-order valence-corrected chi connectivity index (χ1v) is 3.11. The quantitative estimate of drug-likeness (QED) is 0.337. The molecule has 1 heterocycles. The average molecular weight is 141 g/mol. The van der Waals surface area contributed by atoms with E-state index in [-0.39, 0.29) is 0 Å². The van der Waals surface area contributed by atoms with Crippen LogP contribution >= 0.6 is 0 Å². The average Bonchev–Trinajstić information content (AvgIpc) is 2.31. The molecule has 0 unspecified atom stereocenters. The molecule has 1 rings (SSSR count). The summed E-state index contributed by atoms with van der Waals surface area (Å²) in [5, 5.41) is 11.0. The third-order valence-corrected chi connectivity index (χ3v) is 1.33. The fourth-order valence-electron chi connectivity index (χ4n) is 0.849. The number of hydrogen-bond acceptors (Lipinski definition) is 4. The van der Waals surface area contributed by atoms with E-state index in [0.717, 1.165) is 6.67 Å². The molecule has 10 heavy (non-hydrogen) atoms. The standard InChI is InChI=1S/C6H11N3O/c1-8-4-5-9(6-8)3-2-7-10/h2,4-5,10H,3,6H2,1H3. The van der Waals surface area contributed by atoms with Crippen molar-refractivity contribution in [3.63, 3.8) is 0 Å². The Kier molecular flexibility index (Phi) is 2.15. The van der Waals surface area contributed by atoms with E-state index in [1.54, 1.807) is 0 Å². The molecule has 4 heteroatoms. The molecule has 0 atom stereocenters. The van der Waals surface area contributed by atoms with Crippen LogP contribution in [0.25, 0.3) is 0 Å². The van der Waals surface area contributed by atoms with Gasteiger partial charge in [0.05, 0.1) is 19.4 Å². The lowest BCUT2D eigenvalue weighted by Crippen LogP contribution is -2.23. The Hall–Kier alpha value is -1.19. The van der Waals surface area contributed by atoms with E-state index < -0.39 is 0 Å². The van der Waals surface area contributed by atoms with Gasteiger partial charge < -0.3 is 15.0 Å². The number of hydrogen-bond donors (Lipinski definition) is 1. The Balaban J connectivity index is 2.26. The van der Waals surface area contributed by atoms with Gasteiger partial charge in [-0.25, -0.2) is 0 Å². The van der Waals surface area contributed by atoms with E-state index >= 15 is 0 Å². The van der Waals surface area contributed by atoms with Gasteiger partial charge >= 0.3 is 0 Å². The Morgan fingerprint density at radius 1 is 1.70 bits per heavy atom. The zero-order chi connectivity index (χ0) is 7.40. The van der Waals surface area contributed by atoms with Crippen molar-refractivity contribution in [3.8, 4) is 0 Å². The summed E-state index contributed by atoms with van der Waals surface area (Å²) in [5.41, 5.74) is 0. The molecule has 0 spiro atoms. The van der Waals surface area contributed by atoms with Crippen molar-refractivity contribution in [2.75, 3.05) is 20.3 Å². The first-order chi connectivity index (χ1) is 4.83. The molecule has 56 valence electrons. The van der Waals surface area contributed by atoms with Crippen LogP contribution in [0.3, 0.4) is 0 Å². The molecule has 0 aliphatic carbocycles. The van der Waals surface area contributed by atoms with Crippen LogP contribution in [0.5, 0.6) is 0 Å². The summed E-state index contributed by atoms with van der Waals surface area (Å²) in [6.07, 6.45) is 5.40. The van der Waals surface area contributed by atoms with Crippen molar-refractivity contribution in [1.29, 1.82) is 0 Å². The molecule has 0 aromatic rings. The maximum absolute atomic E-state index is 8.10. The van der Waals surface area contributed by atoms with E-state index in [9.17, 15) is 0 Å². The molecular formula is C6H11N3O. The molecule has 0 bridgehead atoms. The first-order valence-electron chi connectivity index (χ1n) is 3.11. The van der Waals surface area contributed by atoms with Gasteiger partial charge in [0, 0.05) is 19.4 Å². The van der Waals surface area contributed by atoms with Crippen molar-refractivity contribution in [1.82, 2.24) is 9.80 Å². The number of nitrogens with zero attached hydrogens (tertiary/aromatic N) is 3. The van der Waals surface area contributed by atoms with Crippen molar-refractivity contribution >= 4 is 6.21 Å². The van der Waals surface area contributed by atoms with Crippen LogP contribution < -0.4 is 0 Å². The summed E-state index contributed by atoms with van der Waals surface area (Å²) in [4.78, 5) is 4.07. The molecule has 0 aromatic carbocycles. The predicted octanol–water partition coefficient (Wildman–Crippen LogP) is 0.123. The minimum Gasteiger partial charge on any atom is -0.411 e. The maximum Gasteiger partial charge on any atom is 0.0894 e. The van der Waals surface area contributed by atoms with Gasteiger partial charge in [-0.05, 0) is 0 Å². The number of rotatable bonds is 2. The second kappa shape index (κ2) is 3.10. The Morgan fingerprint density at radius 3 is 3.00 bits per heavy atom. The van der Waals surface area contributed by atoms with Gasteiger partial charge in [0.2, 0.25) is 0 Å². The minimum atomic E-state index is 0.664. The smallest absolute Gasteiger partial charge is 0.0894 e. The van der Waals surface area contributed by atoms with Crippen molar-refractivity contribution < 1.29 is 5.21 Å². The summed E-state index contributed by atoms with van der Waals surface area (Å²) in [5.74, 6) is 0. The highest BCUT2D eigenvalue weighted by molar-refractivity contribution is 5.58. The maximum atomic E-state index is 8.10. The summed E-state index contributed by atoms with van der Waals surface area (Å²) in [6, 6.07) is 0. The zero-order valence-electron chi connectivity index (χ0n) is 5.94. The molecule has 1 aliphatic heterocycles. The third kappa shape index (κ3) is 1.65. The largest absolute Gasteiger partial charge is 0.411 e. The lowest BCUT2D eigenvalue weighted by Gasteiger charge is -2.14. The van der Waals surface area contributed by atoms with Crippen LogP contribution in [-0.2, 0) is 0 Å². The van der Waals surface area contributed by atoms with Gasteiger partial charge in [0.25, 0.3) is 0 Å². The number of oxime groups is 1. The van der Waals surface area contributed by atoms with Crippen LogP contribution in [0.4, 0.5) is 0 Å². The molecule has 0 saturated carbocycles. The molecule has 0 saturated heterocycles. The van der Waals surface area contributed by atoms with Gasteiger partial charge in [-0.3, -0.25) is 0 Å². The molecule has 0 aromatic heterocycles. The molecule has 1 aliphatic rings. The van der Waals surface area contributed by atoms with Gasteiger partial charge in [-0.1, -0.05) is 0 Å². The Bertz CT molecular complexity index is 155. The van der Waals surface area contributed by atoms with E-state index in [1.165, 1.54) is 6.21 Å². The van der Waals surface area contributed by atoms with E-state index in [2.05, 4.69) is 5.16 Å². The van der Waals surface area contributed by atoms with Crippen LogP contribution in [0.15, 0.2) is 17.6 Å². The van der Waals surface area contributed by atoms with Crippen LogP contribution in [0, 0.1) is 0 Å². The normalized spacial score (nSPS) is 17.7. The highest BCUT2D eigenvalue weighted by atomic mass is 16.4. The SMILES string of the molecule is CN1C=CN(CC=NO)C1. The van der Waals surface area contributed by atoms with Crippen LogP contribution in [0.1, 0.15) is 0 Å². The van der Waals surface area contributed by atoms with Crippen LogP contribution in [0.2, 0.25) is 0 Å². The fraction of sp³-hybridized carbons (Fsp3) is 0.500. The van der Waals surface area contributed by atoms with Crippen molar-refractivity contribution in [2.45, 2.75) is 0 Å². The third-order valence-electron chi connectivity index (χ3n) is 1.33. The molecule has 0 fully saturated rings. The van der Waals surface area contributed by atoms with Gasteiger partial charge in [-0.15, -0.1) is 5.16 Å². The Morgan fingerprint density at radius 2 is 2.50 bits per heavy atom. The van der Waals surface area contributed by atoms with E-state index in [1.807, 2.05) is 29.2 Å². The lowest BCUT2D eigenvalue weighted by atomic mass is 10.6. The summed E-state index contributed by atoms with van der Waals surface area (Å²) in [6.45, 7) is 1.53. The fourth-order valence-corrected chi connectivity index (χ4v) is 0.849. The topological polar surface area (TPSA) is 39.1 Å². The summed E-state index contributed by atoms with van der Waals surface area (Å²) in [7, 11) is 1.99. The zero-order valence-corrected chi connectivity index (χ0v) is 5.94. The van der Waals surface area contributed by atoms with E-state index in [4.69, 9.17) is 5.21 Å². The van der Waals surface area contributed by atoms with Crippen molar-refractivity contribution in [3.05, 3.63) is 12.4 Å². The second-order valence-corrected chi connectivity index (χ2v) is 2.27. The van der Waals surface area contributed by atoms with Gasteiger partial charge in [-0.2, -0.15) is 0 Å². The molecule has 0 radical (unpaired) electrons. The second-order valence-electron chi connectivity index (χ2n) is 2.27. The molecular weight excluding hydrogens is 130 g/mol. The van der Waals surface area contributed by atoms with Crippen molar-refractivity contribution in [2.24, 2.45) is 5.16 Å². The minimum absolute atomic E-state index is 0.664. The van der Waals surface area contributed by atoms with Gasteiger partial charge in [0.15, 0.2) is 0 Å². The van der Waals surface area contributed by atoms with Gasteiger partial charge in [0.1, 0.15) is 0 Å². The molecule has 4 nitrogen and oxygen atoms in total. The summed E-state index contributed by atoms with van der Waals surface area (Å²) < 4.78 is 0. The monoisotopic (exact) mass is 141 g/mol. The molecule has 1 N–H and O–H groups in total.